The molecule has 0 saturated heterocycles. The summed E-state index contributed by atoms with van der Waals surface area (Å²) in [6.45, 7) is 1.13. The third-order valence-corrected chi connectivity index (χ3v) is 3.29. The maximum absolute atomic E-state index is 12.2. The Kier molecular flexibility index (Phi) is 3.87. The van der Waals surface area contributed by atoms with E-state index in [-0.39, 0.29) is 12.3 Å². The van der Waals surface area contributed by atoms with Gasteiger partial charge in [0.1, 0.15) is 0 Å². The van der Waals surface area contributed by atoms with Crippen LogP contribution in [0.2, 0.25) is 5.02 Å². The number of hydrogen-bond donors (Lipinski definition) is 1. The monoisotopic (exact) mass is 267 g/mol. The van der Waals surface area contributed by atoms with Gasteiger partial charge < -0.3 is 10.0 Å². The number of carbonyl (C=O) groups excluding carboxylic acids is 1. The van der Waals surface area contributed by atoms with Crippen LogP contribution in [0.15, 0.2) is 18.2 Å². The average molecular weight is 268 g/mol. The van der Waals surface area contributed by atoms with Crippen molar-refractivity contribution in [3.63, 3.8) is 0 Å². The Morgan fingerprint density at radius 3 is 2.94 bits per heavy atom. The highest BCUT2D eigenvalue weighted by Crippen LogP contribution is 2.22. The molecule has 1 heterocycles. The number of rotatable bonds is 4. The Morgan fingerprint density at radius 2 is 2.22 bits per heavy atom. The van der Waals surface area contributed by atoms with E-state index in [1.54, 1.807) is 17.0 Å². The molecule has 5 heteroatoms. The molecule has 0 atom stereocenters. The van der Waals surface area contributed by atoms with Gasteiger partial charge in [-0.3, -0.25) is 9.59 Å². The zero-order valence-electron chi connectivity index (χ0n) is 9.86. The highest BCUT2D eigenvalue weighted by molar-refractivity contribution is 6.31. The number of carboxylic acid groups (broad SMARTS) is 1. The minimum Gasteiger partial charge on any atom is -0.481 e. The van der Waals surface area contributed by atoms with Gasteiger partial charge in [0.15, 0.2) is 0 Å². The fourth-order valence-electron chi connectivity index (χ4n) is 2.13. The molecule has 1 N–H and O–H groups in total. The number of hydrogen-bond acceptors (Lipinski definition) is 2. The van der Waals surface area contributed by atoms with E-state index >= 15 is 0 Å². The van der Waals surface area contributed by atoms with Crippen molar-refractivity contribution in [2.75, 3.05) is 13.1 Å². The molecule has 96 valence electrons. The van der Waals surface area contributed by atoms with Gasteiger partial charge in [0.25, 0.3) is 5.91 Å². The van der Waals surface area contributed by atoms with Crippen LogP contribution in [0.5, 0.6) is 0 Å². The van der Waals surface area contributed by atoms with Crippen LogP contribution >= 0.6 is 11.6 Å². The van der Waals surface area contributed by atoms with E-state index in [2.05, 4.69) is 0 Å². The topological polar surface area (TPSA) is 57.6 Å². The van der Waals surface area contributed by atoms with Gasteiger partial charge >= 0.3 is 5.97 Å². The normalized spacial score (nSPS) is 14.5. The summed E-state index contributed by atoms with van der Waals surface area (Å²) in [5.74, 6) is -0.882. The Balaban J connectivity index is 2.05. The molecule has 0 aromatic heterocycles. The van der Waals surface area contributed by atoms with E-state index < -0.39 is 5.97 Å². The molecular formula is C13H14ClNO3. The molecular weight excluding hydrogens is 254 g/mol. The van der Waals surface area contributed by atoms with Crippen LogP contribution in [-0.2, 0) is 11.2 Å². The number of fused-ring (bicyclic) bond motifs is 1. The smallest absolute Gasteiger partial charge is 0.303 e. The lowest BCUT2D eigenvalue weighted by atomic mass is 9.99. The maximum atomic E-state index is 12.2. The maximum Gasteiger partial charge on any atom is 0.303 e. The summed E-state index contributed by atoms with van der Waals surface area (Å²) in [6.07, 6.45) is 1.37. The number of nitrogens with zero attached hydrogens (tertiary/aromatic N) is 1. The van der Waals surface area contributed by atoms with Crippen molar-refractivity contribution in [3.8, 4) is 0 Å². The van der Waals surface area contributed by atoms with Crippen LogP contribution in [0.25, 0.3) is 0 Å². The molecule has 18 heavy (non-hydrogen) atoms. The first-order chi connectivity index (χ1) is 8.58. The number of carbonyl (C=O) groups is 2. The lowest BCUT2D eigenvalue weighted by Gasteiger charge is -2.28. The van der Waals surface area contributed by atoms with E-state index in [0.717, 1.165) is 12.0 Å². The minimum absolute atomic E-state index is 0.0517. The van der Waals surface area contributed by atoms with Crippen molar-refractivity contribution in [1.82, 2.24) is 4.90 Å². The molecule has 0 fully saturated rings. The molecule has 1 aromatic rings. The van der Waals surface area contributed by atoms with Gasteiger partial charge in [0, 0.05) is 30.1 Å². The summed E-state index contributed by atoms with van der Waals surface area (Å²) in [6, 6.07) is 5.35. The molecule has 1 aromatic carbocycles. The zero-order valence-corrected chi connectivity index (χ0v) is 10.6. The lowest BCUT2D eigenvalue weighted by Crippen LogP contribution is -2.38. The fraction of sp³-hybridized carbons (Fsp3) is 0.385. The van der Waals surface area contributed by atoms with Gasteiger partial charge in [-0.2, -0.15) is 0 Å². The van der Waals surface area contributed by atoms with Gasteiger partial charge in [0.05, 0.1) is 0 Å². The number of benzene rings is 1. The Labute approximate surface area is 110 Å². The average Bonchev–Trinajstić information content (AvgIpc) is 2.32. The summed E-state index contributed by atoms with van der Waals surface area (Å²) in [4.78, 5) is 24.3. The van der Waals surface area contributed by atoms with Crippen LogP contribution in [0.1, 0.15) is 28.8 Å². The first-order valence-electron chi connectivity index (χ1n) is 5.87. The van der Waals surface area contributed by atoms with Crippen LogP contribution in [-0.4, -0.2) is 35.0 Å². The quantitative estimate of drug-likeness (QED) is 0.910. The predicted octanol–water partition coefficient (Wildman–Crippen LogP) is 2.20. The Morgan fingerprint density at radius 1 is 1.44 bits per heavy atom. The minimum atomic E-state index is -0.831. The first kappa shape index (κ1) is 12.9. The van der Waals surface area contributed by atoms with Gasteiger partial charge in [-0.1, -0.05) is 17.7 Å². The zero-order chi connectivity index (χ0) is 13.1. The predicted molar refractivity (Wildman–Crippen MR) is 67.9 cm³/mol. The van der Waals surface area contributed by atoms with E-state index in [0.29, 0.717) is 30.1 Å². The third-order valence-electron chi connectivity index (χ3n) is 3.06. The second-order valence-corrected chi connectivity index (χ2v) is 4.78. The molecule has 2 rings (SSSR count). The van der Waals surface area contributed by atoms with Crippen LogP contribution < -0.4 is 0 Å². The SMILES string of the molecule is O=C(O)CCCN1CCc2ccc(Cl)cc2C1=O. The van der Waals surface area contributed by atoms with Crippen molar-refractivity contribution >= 4 is 23.5 Å². The highest BCUT2D eigenvalue weighted by Gasteiger charge is 2.24. The van der Waals surface area contributed by atoms with E-state index in [4.69, 9.17) is 16.7 Å². The van der Waals surface area contributed by atoms with Crippen molar-refractivity contribution in [1.29, 1.82) is 0 Å². The van der Waals surface area contributed by atoms with E-state index in [9.17, 15) is 9.59 Å². The van der Waals surface area contributed by atoms with Gasteiger partial charge in [-0.05, 0) is 30.5 Å². The summed E-state index contributed by atoms with van der Waals surface area (Å²) in [5.41, 5.74) is 1.66. The summed E-state index contributed by atoms with van der Waals surface area (Å²) in [5, 5.41) is 9.13. The van der Waals surface area contributed by atoms with Gasteiger partial charge in [0.2, 0.25) is 0 Å². The van der Waals surface area contributed by atoms with Gasteiger partial charge in [-0.25, -0.2) is 0 Å². The molecule has 0 aliphatic carbocycles. The number of amides is 1. The molecule has 0 bridgehead atoms. The molecule has 0 spiro atoms. The summed E-state index contributed by atoms with van der Waals surface area (Å²) >= 11 is 5.89. The molecule has 4 nitrogen and oxygen atoms in total. The highest BCUT2D eigenvalue weighted by atomic mass is 35.5. The number of aliphatic carboxylic acids is 1. The molecule has 0 radical (unpaired) electrons. The standard InChI is InChI=1S/C13H14ClNO3/c14-10-4-3-9-5-7-15(6-1-2-12(16)17)13(18)11(9)8-10/h3-4,8H,1-2,5-7H2,(H,16,17). The second kappa shape index (κ2) is 5.40. The van der Waals surface area contributed by atoms with Crippen molar-refractivity contribution in [2.24, 2.45) is 0 Å². The molecule has 1 amide bonds. The molecule has 0 saturated carbocycles. The lowest BCUT2D eigenvalue weighted by molar-refractivity contribution is -0.137. The fourth-order valence-corrected chi connectivity index (χ4v) is 2.30. The van der Waals surface area contributed by atoms with Crippen molar-refractivity contribution in [2.45, 2.75) is 19.3 Å². The number of carboxylic acids is 1. The Bertz CT molecular complexity index is 487. The van der Waals surface area contributed by atoms with Crippen molar-refractivity contribution < 1.29 is 14.7 Å². The van der Waals surface area contributed by atoms with Crippen LogP contribution in [0, 0.1) is 0 Å². The molecule has 1 aliphatic rings. The largest absolute Gasteiger partial charge is 0.481 e. The van der Waals surface area contributed by atoms with Crippen LogP contribution in [0.4, 0.5) is 0 Å². The first-order valence-corrected chi connectivity index (χ1v) is 6.25. The summed E-state index contributed by atoms with van der Waals surface area (Å²) in [7, 11) is 0. The third kappa shape index (κ3) is 2.82. The van der Waals surface area contributed by atoms with E-state index in [1.165, 1.54) is 0 Å². The van der Waals surface area contributed by atoms with E-state index in [1.807, 2.05) is 6.07 Å². The number of halogens is 1. The van der Waals surface area contributed by atoms with Crippen LogP contribution in [0.3, 0.4) is 0 Å². The molecule has 1 aliphatic heterocycles. The second-order valence-electron chi connectivity index (χ2n) is 4.34. The van der Waals surface area contributed by atoms with Gasteiger partial charge in [-0.15, -0.1) is 0 Å². The van der Waals surface area contributed by atoms with Crippen molar-refractivity contribution in [3.05, 3.63) is 34.3 Å². The summed E-state index contributed by atoms with van der Waals surface area (Å²) < 4.78 is 0. The Hall–Kier alpha value is -1.55. The molecule has 0 unspecified atom stereocenters.